The molecule has 9 heteroatoms. The van der Waals surface area contributed by atoms with Gasteiger partial charge < -0.3 is 19.7 Å². The van der Waals surface area contributed by atoms with Crippen LogP contribution >= 0.6 is 0 Å². The molecule has 0 spiro atoms. The fraction of sp³-hybridized carbons (Fsp3) is 0.312. The van der Waals surface area contributed by atoms with Crippen LogP contribution in [-0.4, -0.2) is 50.7 Å². The second-order valence-electron chi connectivity index (χ2n) is 5.53. The molecule has 3 rings (SSSR count). The van der Waals surface area contributed by atoms with E-state index < -0.39 is 41.8 Å². The number of aliphatic hydroxyl groups is 2. The van der Waals surface area contributed by atoms with E-state index in [1.54, 1.807) is 30.3 Å². The van der Waals surface area contributed by atoms with Crippen molar-refractivity contribution in [3.63, 3.8) is 0 Å². The number of H-pyrrole nitrogens is 1. The third-order valence-corrected chi connectivity index (χ3v) is 3.85. The van der Waals surface area contributed by atoms with E-state index in [4.69, 9.17) is 9.47 Å². The molecule has 4 atom stereocenters. The van der Waals surface area contributed by atoms with E-state index in [-0.39, 0.29) is 6.61 Å². The average molecular weight is 348 g/mol. The SMILES string of the molecule is O=C(OC[C@@H]1O[C@H](n2ccc(=O)[nH]c2=O)[C@@H](O)[C@H]1O)c1ccccc1. The van der Waals surface area contributed by atoms with Gasteiger partial charge in [-0.1, -0.05) is 18.2 Å². The van der Waals surface area contributed by atoms with Gasteiger partial charge >= 0.3 is 11.7 Å². The minimum Gasteiger partial charge on any atom is -0.459 e. The predicted octanol–water partition coefficient (Wildman–Crippen LogP) is -0.987. The molecule has 0 bridgehead atoms. The standard InChI is InChI=1S/C16H16N2O7/c19-11-6-7-18(16(23)17-11)14-13(21)12(20)10(25-14)8-24-15(22)9-4-2-1-3-5-9/h1-7,10,12-14,20-21H,8H2,(H,17,19,23)/t10-,12-,13-,14-/m0/s1. The first-order valence-electron chi connectivity index (χ1n) is 7.52. The normalized spacial score (nSPS) is 25.7. The van der Waals surface area contributed by atoms with E-state index >= 15 is 0 Å². The zero-order chi connectivity index (χ0) is 18.0. The van der Waals surface area contributed by atoms with Crippen LogP contribution < -0.4 is 11.2 Å². The smallest absolute Gasteiger partial charge is 0.338 e. The van der Waals surface area contributed by atoms with Crippen LogP contribution in [0.4, 0.5) is 0 Å². The number of nitrogens with one attached hydrogen (secondary N) is 1. The molecule has 0 unspecified atom stereocenters. The Balaban J connectivity index is 1.69. The molecule has 1 saturated heterocycles. The van der Waals surface area contributed by atoms with Crippen LogP contribution in [0.1, 0.15) is 16.6 Å². The van der Waals surface area contributed by atoms with Crippen LogP contribution in [0.3, 0.4) is 0 Å². The van der Waals surface area contributed by atoms with Gasteiger partial charge in [-0.15, -0.1) is 0 Å². The molecule has 0 aliphatic carbocycles. The van der Waals surface area contributed by atoms with Gasteiger partial charge in [-0.25, -0.2) is 9.59 Å². The Morgan fingerprint density at radius 2 is 1.88 bits per heavy atom. The summed E-state index contributed by atoms with van der Waals surface area (Å²) in [4.78, 5) is 36.8. The lowest BCUT2D eigenvalue weighted by Crippen LogP contribution is -2.37. The van der Waals surface area contributed by atoms with E-state index in [0.29, 0.717) is 5.56 Å². The molecule has 25 heavy (non-hydrogen) atoms. The number of nitrogens with zero attached hydrogens (tertiary/aromatic N) is 1. The summed E-state index contributed by atoms with van der Waals surface area (Å²) >= 11 is 0. The van der Waals surface area contributed by atoms with Crippen LogP contribution in [0.5, 0.6) is 0 Å². The first kappa shape index (κ1) is 17.1. The average Bonchev–Trinajstić information content (AvgIpc) is 2.89. The molecule has 2 aromatic rings. The van der Waals surface area contributed by atoms with Gasteiger partial charge in [0.2, 0.25) is 0 Å². The Hall–Kier alpha value is -2.75. The molecule has 1 aliphatic rings. The molecule has 9 nitrogen and oxygen atoms in total. The highest BCUT2D eigenvalue weighted by Gasteiger charge is 2.44. The van der Waals surface area contributed by atoms with Gasteiger partial charge in [0, 0.05) is 12.3 Å². The number of aromatic amines is 1. The van der Waals surface area contributed by atoms with E-state index in [1.807, 2.05) is 4.98 Å². The number of carbonyl (C=O) groups is 1. The molecule has 1 fully saturated rings. The monoisotopic (exact) mass is 348 g/mol. The van der Waals surface area contributed by atoms with Crippen molar-refractivity contribution in [3.05, 3.63) is 69.0 Å². The molecular weight excluding hydrogens is 332 g/mol. The van der Waals surface area contributed by atoms with E-state index in [2.05, 4.69) is 0 Å². The number of aliphatic hydroxyl groups excluding tert-OH is 2. The Morgan fingerprint density at radius 1 is 1.16 bits per heavy atom. The number of hydrogen-bond donors (Lipinski definition) is 3. The van der Waals surface area contributed by atoms with Gasteiger partial charge in [-0.2, -0.15) is 0 Å². The number of hydrogen-bond acceptors (Lipinski definition) is 7. The fourth-order valence-electron chi connectivity index (χ4n) is 2.54. The first-order chi connectivity index (χ1) is 12.0. The highest BCUT2D eigenvalue weighted by molar-refractivity contribution is 5.89. The molecule has 1 aliphatic heterocycles. The Labute approximate surface area is 141 Å². The van der Waals surface area contributed by atoms with E-state index in [0.717, 1.165) is 16.8 Å². The molecule has 0 radical (unpaired) electrons. The van der Waals surface area contributed by atoms with Gasteiger partial charge in [-0.3, -0.25) is 14.3 Å². The van der Waals surface area contributed by atoms with Crippen LogP contribution in [0.25, 0.3) is 0 Å². The molecular formula is C16H16N2O7. The van der Waals surface area contributed by atoms with Crippen molar-refractivity contribution in [3.8, 4) is 0 Å². The highest BCUT2D eigenvalue weighted by Crippen LogP contribution is 2.28. The van der Waals surface area contributed by atoms with Crippen LogP contribution in [0.15, 0.2) is 52.2 Å². The van der Waals surface area contributed by atoms with Crippen molar-refractivity contribution in [2.45, 2.75) is 24.5 Å². The molecule has 0 saturated carbocycles. The molecule has 0 amide bonds. The van der Waals surface area contributed by atoms with E-state index in [9.17, 15) is 24.6 Å². The van der Waals surface area contributed by atoms with Crippen LogP contribution in [-0.2, 0) is 9.47 Å². The zero-order valence-electron chi connectivity index (χ0n) is 12.9. The fourth-order valence-corrected chi connectivity index (χ4v) is 2.54. The Kier molecular flexibility index (Phi) is 4.79. The quantitative estimate of drug-likeness (QED) is 0.605. The number of aromatic nitrogens is 2. The van der Waals surface area contributed by atoms with Crippen molar-refractivity contribution >= 4 is 5.97 Å². The topological polar surface area (TPSA) is 131 Å². The summed E-state index contributed by atoms with van der Waals surface area (Å²) in [6.45, 7) is -0.305. The minimum atomic E-state index is -1.43. The molecule has 2 heterocycles. The zero-order valence-corrected chi connectivity index (χ0v) is 12.9. The summed E-state index contributed by atoms with van der Waals surface area (Å²) in [7, 11) is 0. The number of esters is 1. The van der Waals surface area contributed by atoms with Gasteiger partial charge in [0.15, 0.2) is 6.23 Å². The Bertz CT molecular complexity index is 861. The first-order valence-corrected chi connectivity index (χ1v) is 7.52. The maximum Gasteiger partial charge on any atom is 0.338 e. The van der Waals surface area contributed by atoms with Crippen molar-refractivity contribution in [1.82, 2.24) is 9.55 Å². The lowest BCUT2D eigenvalue weighted by molar-refractivity contribution is -0.0599. The summed E-state index contributed by atoms with van der Waals surface area (Å²) in [5, 5.41) is 20.2. The molecule has 1 aromatic heterocycles. The van der Waals surface area contributed by atoms with Crippen molar-refractivity contribution in [2.24, 2.45) is 0 Å². The number of carbonyl (C=O) groups excluding carboxylic acids is 1. The summed E-state index contributed by atoms with van der Waals surface area (Å²) in [6, 6.07) is 9.35. The number of benzene rings is 1. The molecule has 132 valence electrons. The predicted molar refractivity (Wildman–Crippen MR) is 84.0 cm³/mol. The second-order valence-corrected chi connectivity index (χ2v) is 5.53. The Morgan fingerprint density at radius 3 is 2.56 bits per heavy atom. The van der Waals surface area contributed by atoms with Gasteiger partial charge in [0.1, 0.15) is 24.9 Å². The number of ether oxygens (including phenoxy) is 2. The lowest BCUT2D eigenvalue weighted by atomic mass is 10.1. The largest absolute Gasteiger partial charge is 0.459 e. The summed E-state index contributed by atoms with van der Waals surface area (Å²) in [6.07, 6.45) is -3.87. The minimum absolute atomic E-state index is 0.305. The van der Waals surface area contributed by atoms with Crippen molar-refractivity contribution in [1.29, 1.82) is 0 Å². The second kappa shape index (κ2) is 7.01. The third kappa shape index (κ3) is 3.53. The third-order valence-electron chi connectivity index (χ3n) is 3.85. The number of rotatable bonds is 4. The maximum absolute atomic E-state index is 11.9. The molecule has 3 N–H and O–H groups in total. The van der Waals surface area contributed by atoms with E-state index in [1.165, 1.54) is 0 Å². The van der Waals surface area contributed by atoms with Gasteiger partial charge in [0.25, 0.3) is 5.56 Å². The van der Waals surface area contributed by atoms with Crippen molar-refractivity contribution < 1.29 is 24.5 Å². The molecule has 1 aromatic carbocycles. The van der Waals surface area contributed by atoms with Crippen LogP contribution in [0, 0.1) is 0 Å². The summed E-state index contributed by atoms with van der Waals surface area (Å²) in [5.74, 6) is -0.601. The highest BCUT2D eigenvalue weighted by atomic mass is 16.6. The summed E-state index contributed by atoms with van der Waals surface area (Å²) < 4.78 is 11.5. The van der Waals surface area contributed by atoms with Gasteiger partial charge in [-0.05, 0) is 12.1 Å². The lowest BCUT2D eigenvalue weighted by Gasteiger charge is -2.16. The van der Waals surface area contributed by atoms with Crippen LogP contribution in [0.2, 0.25) is 0 Å². The maximum atomic E-state index is 11.9. The summed E-state index contributed by atoms with van der Waals surface area (Å²) in [5.41, 5.74) is -1.04. The van der Waals surface area contributed by atoms with Gasteiger partial charge in [0.05, 0.1) is 5.56 Å². The van der Waals surface area contributed by atoms with Crippen molar-refractivity contribution in [2.75, 3.05) is 6.61 Å².